The molecular formula is C27H32F2N4O4. The van der Waals surface area contributed by atoms with Gasteiger partial charge in [-0.2, -0.15) is 0 Å². The number of carbonyl (C=O) groups excluding carboxylic acids is 1. The molecule has 0 aliphatic carbocycles. The third-order valence-electron chi connectivity index (χ3n) is 6.72. The van der Waals surface area contributed by atoms with Crippen molar-refractivity contribution in [2.45, 2.75) is 25.8 Å². The lowest BCUT2D eigenvalue weighted by Crippen LogP contribution is -2.46. The summed E-state index contributed by atoms with van der Waals surface area (Å²) in [6, 6.07) is 11.3. The van der Waals surface area contributed by atoms with Gasteiger partial charge in [0, 0.05) is 38.3 Å². The number of rotatable bonds is 10. The number of aromatic amines is 1. The van der Waals surface area contributed by atoms with E-state index < -0.39 is 23.3 Å². The SMILES string of the molecule is COC(=O)c1[nH]c(=O)n(CCCCCN2CCN(c3ccccc3OC)CC2)c1-c1ccc(F)c(F)c1. The van der Waals surface area contributed by atoms with Crippen LogP contribution in [0.3, 0.4) is 0 Å². The van der Waals surface area contributed by atoms with Gasteiger partial charge < -0.3 is 14.4 Å². The van der Waals surface area contributed by atoms with Crippen molar-refractivity contribution in [2.24, 2.45) is 0 Å². The van der Waals surface area contributed by atoms with Crippen LogP contribution in [0.2, 0.25) is 0 Å². The molecule has 1 fully saturated rings. The molecule has 0 atom stereocenters. The molecule has 0 saturated carbocycles. The van der Waals surface area contributed by atoms with E-state index in [1.54, 1.807) is 7.11 Å². The third kappa shape index (κ3) is 6.02. The van der Waals surface area contributed by atoms with Crippen molar-refractivity contribution in [3.8, 4) is 17.0 Å². The van der Waals surface area contributed by atoms with Crippen LogP contribution in [0.4, 0.5) is 14.5 Å². The largest absolute Gasteiger partial charge is 0.495 e. The van der Waals surface area contributed by atoms with Crippen LogP contribution < -0.4 is 15.3 Å². The summed E-state index contributed by atoms with van der Waals surface area (Å²) in [5, 5.41) is 0. The first-order valence-corrected chi connectivity index (χ1v) is 12.4. The number of esters is 1. The van der Waals surface area contributed by atoms with Gasteiger partial charge in [0.25, 0.3) is 0 Å². The Balaban J connectivity index is 1.32. The Kier molecular flexibility index (Phi) is 8.60. The van der Waals surface area contributed by atoms with Crippen LogP contribution in [-0.4, -0.2) is 67.4 Å². The number of nitrogens with one attached hydrogen (secondary N) is 1. The second-order valence-corrected chi connectivity index (χ2v) is 8.99. The minimum Gasteiger partial charge on any atom is -0.495 e. The molecular weight excluding hydrogens is 482 g/mol. The molecule has 3 aromatic rings. The number of benzene rings is 2. The van der Waals surface area contributed by atoms with Crippen LogP contribution in [0, 0.1) is 11.6 Å². The number of hydrogen-bond acceptors (Lipinski definition) is 6. The highest BCUT2D eigenvalue weighted by Crippen LogP contribution is 2.28. The Morgan fingerprint density at radius 3 is 2.38 bits per heavy atom. The van der Waals surface area contributed by atoms with Crippen molar-refractivity contribution in [1.82, 2.24) is 14.5 Å². The van der Waals surface area contributed by atoms with E-state index in [0.717, 1.165) is 69.1 Å². The van der Waals surface area contributed by atoms with E-state index in [4.69, 9.17) is 9.47 Å². The zero-order valence-electron chi connectivity index (χ0n) is 21.1. The number of para-hydroxylation sites is 2. The second kappa shape index (κ2) is 12.1. The van der Waals surface area contributed by atoms with Gasteiger partial charge in [-0.15, -0.1) is 0 Å². The quantitative estimate of drug-likeness (QED) is 0.327. The predicted octanol–water partition coefficient (Wildman–Crippen LogP) is 3.91. The van der Waals surface area contributed by atoms with E-state index in [-0.39, 0.29) is 17.0 Å². The highest BCUT2D eigenvalue weighted by Gasteiger charge is 2.23. The number of ether oxygens (including phenoxy) is 2. The number of H-pyrrole nitrogens is 1. The van der Waals surface area contributed by atoms with E-state index in [1.165, 1.54) is 17.7 Å². The van der Waals surface area contributed by atoms with Crippen molar-refractivity contribution in [2.75, 3.05) is 51.8 Å². The topological polar surface area (TPSA) is 79.8 Å². The summed E-state index contributed by atoms with van der Waals surface area (Å²) < 4.78 is 39.0. The smallest absolute Gasteiger partial charge is 0.356 e. The molecule has 2 heterocycles. The first-order valence-electron chi connectivity index (χ1n) is 12.4. The van der Waals surface area contributed by atoms with E-state index in [2.05, 4.69) is 20.9 Å². The summed E-state index contributed by atoms with van der Waals surface area (Å²) in [7, 11) is 2.89. The van der Waals surface area contributed by atoms with Gasteiger partial charge in [0.2, 0.25) is 0 Å². The zero-order valence-corrected chi connectivity index (χ0v) is 21.1. The molecule has 0 radical (unpaired) electrons. The summed E-state index contributed by atoms with van der Waals surface area (Å²) >= 11 is 0. The van der Waals surface area contributed by atoms with Crippen LogP contribution in [-0.2, 0) is 11.3 Å². The number of aromatic nitrogens is 2. The summed E-state index contributed by atoms with van der Waals surface area (Å²) in [4.78, 5) is 32.1. The molecule has 0 amide bonds. The fourth-order valence-electron chi connectivity index (χ4n) is 4.76. The first-order chi connectivity index (χ1) is 17.9. The van der Waals surface area contributed by atoms with E-state index in [0.29, 0.717) is 13.0 Å². The molecule has 1 saturated heterocycles. The Labute approximate surface area is 214 Å². The summed E-state index contributed by atoms with van der Waals surface area (Å²) in [5.74, 6) is -1.92. The number of carbonyl (C=O) groups is 1. The average Bonchev–Trinajstić information content (AvgIpc) is 3.25. The van der Waals surface area contributed by atoms with Crippen LogP contribution >= 0.6 is 0 Å². The average molecular weight is 515 g/mol. The first kappa shape index (κ1) is 26.4. The Morgan fingerprint density at radius 1 is 0.946 bits per heavy atom. The zero-order chi connectivity index (χ0) is 26.4. The van der Waals surface area contributed by atoms with Gasteiger partial charge >= 0.3 is 11.7 Å². The minimum atomic E-state index is -1.06. The maximum atomic E-state index is 13.9. The molecule has 0 unspecified atom stereocenters. The fourth-order valence-corrected chi connectivity index (χ4v) is 4.76. The van der Waals surface area contributed by atoms with Gasteiger partial charge in [-0.3, -0.25) is 14.5 Å². The number of anilines is 1. The van der Waals surface area contributed by atoms with Gasteiger partial charge in [0.1, 0.15) is 5.75 Å². The maximum absolute atomic E-state index is 13.9. The molecule has 198 valence electrons. The fraction of sp³-hybridized carbons (Fsp3) is 0.407. The lowest BCUT2D eigenvalue weighted by atomic mass is 10.1. The maximum Gasteiger partial charge on any atom is 0.356 e. The number of piperazine rings is 1. The summed E-state index contributed by atoms with van der Waals surface area (Å²) in [5.41, 5.74) is 0.970. The molecule has 0 spiro atoms. The predicted molar refractivity (Wildman–Crippen MR) is 137 cm³/mol. The normalized spacial score (nSPS) is 14.1. The van der Waals surface area contributed by atoms with Crippen LogP contribution in [0.15, 0.2) is 47.3 Å². The molecule has 37 heavy (non-hydrogen) atoms. The Hall–Kier alpha value is -3.66. The van der Waals surface area contributed by atoms with Crippen molar-refractivity contribution in [3.05, 3.63) is 70.3 Å². The number of hydrogen-bond donors (Lipinski definition) is 1. The molecule has 4 rings (SSSR count). The molecule has 1 N–H and O–H groups in total. The lowest BCUT2D eigenvalue weighted by molar-refractivity contribution is 0.0595. The van der Waals surface area contributed by atoms with Gasteiger partial charge in [-0.05, 0) is 49.7 Å². The standard InChI is InChI=1S/C27H32F2N4O4/c1-36-23-9-5-4-8-22(23)32-16-14-31(15-17-32)12-6-3-7-13-33-25(19-10-11-20(28)21(29)18-19)24(26(34)37-2)30-27(33)35/h4-5,8-11,18H,3,6-7,12-17H2,1-2H3,(H,30,35). The molecule has 8 nitrogen and oxygen atoms in total. The Morgan fingerprint density at radius 2 is 1.68 bits per heavy atom. The number of unbranched alkanes of at least 4 members (excludes halogenated alkanes) is 2. The minimum absolute atomic E-state index is 0.0774. The van der Waals surface area contributed by atoms with Crippen LogP contribution in [0.1, 0.15) is 29.8 Å². The van der Waals surface area contributed by atoms with Crippen molar-refractivity contribution in [3.63, 3.8) is 0 Å². The second-order valence-electron chi connectivity index (χ2n) is 8.99. The lowest BCUT2D eigenvalue weighted by Gasteiger charge is -2.36. The molecule has 1 aliphatic rings. The van der Waals surface area contributed by atoms with Crippen LogP contribution in [0.5, 0.6) is 5.75 Å². The molecule has 0 bridgehead atoms. The van der Waals surface area contributed by atoms with E-state index in [9.17, 15) is 18.4 Å². The van der Waals surface area contributed by atoms with Crippen molar-refractivity contribution in [1.29, 1.82) is 0 Å². The number of imidazole rings is 1. The van der Waals surface area contributed by atoms with Gasteiger partial charge in [0.15, 0.2) is 17.3 Å². The van der Waals surface area contributed by atoms with E-state index in [1.807, 2.05) is 18.2 Å². The molecule has 10 heteroatoms. The Bertz CT molecular complexity index is 1280. The molecule has 1 aromatic heterocycles. The monoisotopic (exact) mass is 514 g/mol. The summed E-state index contributed by atoms with van der Waals surface area (Å²) in [6.45, 7) is 5.05. The number of methoxy groups -OCH3 is 2. The van der Waals surface area contributed by atoms with Gasteiger partial charge in [-0.1, -0.05) is 18.6 Å². The number of nitrogens with zero attached hydrogens (tertiary/aromatic N) is 3. The van der Waals surface area contributed by atoms with Crippen molar-refractivity contribution >= 4 is 11.7 Å². The van der Waals surface area contributed by atoms with E-state index >= 15 is 0 Å². The summed E-state index contributed by atoms with van der Waals surface area (Å²) in [6.07, 6.45) is 2.52. The third-order valence-corrected chi connectivity index (χ3v) is 6.72. The number of halogens is 2. The highest BCUT2D eigenvalue weighted by atomic mass is 19.2. The molecule has 2 aromatic carbocycles. The van der Waals surface area contributed by atoms with Gasteiger partial charge in [-0.25, -0.2) is 18.4 Å². The van der Waals surface area contributed by atoms with Crippen LogP contribution in [0.25, 0.3) is 11.3 Å². The highest BCUT2D eigenvalue weighted by molar-refractivity contribution is 5.94. The molecule has 1 aliphatic heterocycles. The van der Waals surface area contributed by atoms with Crippen molar-refractivity contribution < 1.29 is 23.0 Å². The van der Waals surface area contributed by atoms with Gasteiger partial charge in [0.05, 0.1) is 25.6 Å².